The summed E-state index contributed by atoms with van der Waals surface area (Å²) in [6.45, 7) is 2.22. The Labute approximate surface area is 78.3 Å². The van der Waals surface area contributed by atoms with E-state index in [1.165, 1.54) is 19.3 Å². The quantitative estimate of drug-likeness (QED) is 0.701. The lowest BCUT2D eigenvalue weighted by Crippen LogP contribution is -2.34. The number of nitrogens with zero attached hydrogens (tertiary/aromatic N) is 3. The predicted octanol–water partition coefficient (Wildman–Crippen LogP) is 1.02. The molecule has 1 saturated heterocycles. The standard InChI is InChI=1S/C9H16N4/c1-7-4-3-5-8(10-7)9-6-13(2)12-11-9/h6-8,10H,3-5H2,1-2H3/t7-,8-/m0/s1. The molecule has 1 aliphatic rings. The molecule has 4 heteroatoms. The molecule has 0 amide bonds. The van der Waals surface area contributed by atoms with Gasteiger partial charge in [0.15, 0.2) is 0 Å². The normalized spacial score (nSPS) is 29.1. The van der Waals surface area contributed by atoms with Crippen molar-refractivity contribution in [3.63, 3.8) is 0 Å². The molecule has 1 aromatic heterocycles. The molecule has 0 unspecified atom stereocenters. The molecule has 0 bridgehead atoms. The SMILES string of the molecule is C[C@H]1CCC[C@@H](c2cn(C)nn2)N1. The Balaban J connectivity index is 2.08. The lowest BCUT2D eigenvalue weighted by atomic mass is 9.98. The van der Waals surface area contributed by atoms with E-state index in [9.17, 15) is 0 Å². The van der Waals surface area contributed by atoms with Crippen LogP contribution in [0.5, 0.6) is 0 Å². The molecule has 0 saturated carbocycles. The second-order valence-corrected chi connectivity index (χ2v) is 3.87. The van der Waals surface area contributed by atoms with Crippen LogP contribution >= 0.6 is 0 Å². The Bertz CT molecular complexity index is 281. The summed E-state index contributed by atoms with van der Waals surface area (Å²) in [4.78, 5) is 0. The average Bonchev–Trinajstić information content (AvgIpc) is 2.52. The largest absolute Gasteiger partial charge is 0.306 e. The van der Waals surface area contributed by atoms with Gasteiger partial charge in [0.1, 0.15) is 0 Å². The molecule has 0 aliphatic carbocycles. The fraction of sp³-hybridized carbons (Fsp3) is 0.778. The molecule has 4 nitrogen and oxygen atoms in total. The summed E-state index contributed by atoms with van der Waals surface area (Å²) in [7, 11) is 1.91. The highest BCUT2D eigenvalue weighted by Crippen LogP contribution is 2.23. The van der Waals surface area contributed by atoms with Crippen molar-refractivity contribution in [2.24, 2.45) is 7.05 Å². The van der Waals surface area contributed by atoms with Crippen LogP contribution < -0.4 is 5.32 Å². The molecule has 1 aliphatic heterocycles. The summed E-state index contributed by atoms with van der Waals surface area (Å²) in [5.41, 5.74) is 1.08. The van der Waals surface area contributed by atoms with Gasteiger partial charge >= 0.3 is 0 Å². The first kappa shape index (κ1) is 8.69. The highest BCUT2D eigenvalue weighted by molar-refractivity contribution is 5.02. The Kier molecular flexibility index (Phi) is 2.31. The summed E-state index contributed by atoms with van der Waals surface area (Å²) >= 11 is 0. The Morgan fingerprint density at radius 2 is 2.38 bits per heavy atom. The number of aromatic nitrogens is 3. The second-order valence-electron chi connectivity index (χ2n) is 3.87. The molecule has 1 fully saturated rings. The van der Waals surface area contributed by atoms with E-state index in [4.69, 9.17) is 0 Å². The van der Waals surface area contributed by atoms with Crippen LogP contribution in [0, 0.1) is 0 Å². The number of piperidine rings is 1. The number of aryl methyl sites for hydroxylation is 1. The Morgan fingerprint density at radius 3 is 3.00 bits per heavy atom. The van der Waals surface area contributed by atoms with Crippen molar-refractivity contribution in [2.45, 2.75) is 38.3 Å². The van der Waals surface area contributed by atoms with Gasteiger partial charge in [-0.15, -0.1) is 5.10 Å². The summed E-state index contributed by atoms with van der Waals surface area (Å²) < 4.78 is 1.76. The maximum absolute atomic E-state index is 4.12. The molecule has 1 aromatic rings. The first-order chi connectivity index (χ1) is 6.25. The van der Waals surface area contributed by atoms with Crippen LogP contribution in [0.15, 0.2) is 6.20 Å². The van der Waals surface area contributed by atoms with Gasteiger partial charge in [-0.3, -0.25) is 4.68 Å². The van der Waals surface area contributed by atoms with E-state index in [1.807, 2.05) is 13.2 Å². The summed E-state index contributed by atoms with van der Waals surface area (Å²) in [5, 5.41) is 11.6. The molecule has 2 atom stereocenters. The van der Waals surface area contributed by atoms with Gasteiger partial charge in [0.05, 0.1) is 11.7 Å². The molecule has 13 heavy (non-hydrogen) atoms. The zero-order valence-corrected chi connectivity index (χ0v) is 8.20. The van der Waals surface area contributed by atoms with Crippen molar-refractivity contribution in [2.75, 3.05) is 0 Å². The maximum Gasteiger partial charge on any atom is 0.0996 e. The van der Waals surface area contributed by atoms with Crippen LogP contribution in [0.25, 0.3) is 0 Å². The molecule has 1 N–H and O–H groups in total. The third-order valence-electron chi connectivity index (χ3n) is 2.59. The Morgan fingerprint density at radius 1 is 1.54 bits per heavy atom. The molecule has 2 heterocycles. The van der Waals surface area contributed by atoms with Gasteiger partial charge in [0, 0.05) is 19.3 Å². The number of rotatable bonds is 1. The fourth-order valence-corrected chi connectivity index (χ4v) is 1.90. The first-order valence-corrected chi connectivity index (χ1v) is 4.88. The van der Waals surface area contributed by atoms with Crippen molar-refractivity contribution in [3.05, 3.63) is 11.9 Å². The van der Waals surface area contributed by atoms with Gasteiger partial charge in [0.2, 0.25) is 0 Å². The van der Waals surface area contributed by atoms with E-state index in [2.05, 4.69) is 22.6 Å². The van der Waals surface area contributed by atoms with Crippen LogP contribution in [0.2, 0.25) is 0 Å². The third-order valence-corrected chi connectivity index (χ3v) is 2.59. The van der Waals surface area contributed by atoms with Crippen LogP contribution in [0.1, 0.15) is 37.9 Å². The lowest BCUT2D eigenvalue weighted by Gasteiger charge is -2.27. The summed E-state index contributed by atoms with van der Waals surface area (Å²) in [5.74, 6) is 0. The number of hydrogen-bond donors (Lipinski definition) is 1. The number of hydrogen-bond acceptors (Lipinski definition) is 3. The highest BCUT2D eigenvalue weighted by atomic mass is 15.4. The monoisotopic (exact) mass is 180 g/mol. The minimum atomic E-state index is 0.414. The zero-order chi connectivity index (χ0) is 9.26. The molecular formula is C9H16N4. The molecular weight excluding hydrogens is 164 g/mol. The topological polar surface area (TPSA) is 42.7 Å². The van der Waals surface area contributed by atoms with E-state index in [1.54, 1.807) is 4.68 Å². The van der Waals surface area contributed by atoms with Crippen LogP contribution in [0.3, 0.4) is 0 Å². The summed E-state index contributed by atoms with van der Waals surface area (Å²) in [6.07, 6.45) is 5.74. The molecule has 0 spiro atoms. The van der Waals surface area contributed by atoms with E-state index >= 15 is 0 Å². The van der Waals surface area contributed by atoms with E-state index < -0.39 is 0 Å². The predicted molar refractivity (Wildman–Crippen MR) is 50.2 cm³/mol. The van der Waals surface area contributed by atoms with E-state index in [-0.39, 0.29) is 0 Å². The number of nitrogens with one attached hydrogen (secondary N) is 1. The van der Waals surface area contributed by atoms with Gasteiger partial charge in [-0.05, 0) is 26.2 Å². The van der Waals surface area contributed by atoms with Crippen molar-refractivity contribution in [3.8, 4) is 0 Å². The van der Waals surface area contributed by atoms with Gasteiger partial charge in [-0.25, -0.2) is 0 Å². The summed E-state index contributed by atoms with van der Waals surface area (Å²) in [6, 6.07) is 1.03. The minimum absolute atomic E-state index is 0.414. The maximum atomic E-state index is 4.12. The zero-order valence-electron chi connectivity index (χ0n) is 8.20. The average molecular weight is 180 g/mol. The minimum Gasteiger partial charge on any atom is -0.306 e. The van der Waals surface area contributed by atoms with Gasteiger partial charge in [-0.1, -0.05) is 5.21 Å². The van der Waals surface area contributed by atoms with Crippen molar-refractivity contribution in [1.29, 1.82) is 0 Å². The molecule has 2 rings (SSSR count). The highest BCUT2D eigenvalue weighted by Gasteiger charge is 2.21. The molecule has 0 radical (unpaired) electrons. The molecule has 0 aromatic carbocycles. The third kappa shape index (κ3) is 1.88. The van der Waals surface area contributed by atoms with Gasteiger partial charge in [0.25, 0.3) is 0 Å². The second kappa shape index (κ2) is 3.46. The lowest BCUT2D eigenvalue weighted by molar-refractivity contribution is 0.336. The molecule has 72 valence electrons. The van der Waals surface area contributed by atoms with E-state index in [0.29, 0.717) is 12.1 Å². The van der Waals surface area contributed by atoms with Crippen molar-refractivity contribution < 1.29 is 0 Å². The van der Waals surface area contributed by atoms with Crippen LogP contribution in [-0.4, -0.2) is 21.0 Å². The van der Waals surface area contributed by atoms with E-state index in [0.717, 1.165) is 5.69 Å². The Hall–Kier alpha value is -0.900. The van der Waals surface area contributed by atoms with Crippen LogP contribution in [-0.2, 0) is 7.05 Å². The fourth-order valence-electron chi connectivity index (χ4n) is 1.90. The van der Waals surface area contributed by atoms with Crippen molar-refractivity contribution in [1.82, 2.24) is 20.3 Å². The van der Waals surface area contributed by atoms with Gasteiger partial charge < -0.3 is 5.32 Å². The van der Waals surface area contributed by atoms with Gasteiger partial charge in [-0.2, -0.15) is 0 Å². The van der Waals surface area contributed by atoms with Crippen molar-refractivity contribution >= 4 is 0 Å². The first-order valence-electron chi connectivity index (χ1n) is 4.88. The van der Waals surface area contributed by atoms with Crippen LogP contribution in [0.4, 0.5) is 0 Å². The smallest absolute Gasteiger partial charge is 0.0996 e.